The topological polar surface area (TPSA) is 42.3 Å². The van der Waals surface area contributed by atoms with Gasteiger partial charge in [-0.2, -0.15) is 0 Å². The lowest BCUT2D eigenvalue weighted by Crippen LogP contribution is -2.32. The molecule has 0 aliphatic carbocycles. The van der Waals surface area contributed by atoms with Crippen LogP contribution in [0.4, 0.5) is 0 Å². The summed E-state index contributed by atoms with van der Waals surface area (Å²) in [6.45, 7) is 6.59. The molecule has 1 N–H and O–H groups in total. The fourth-order valence-electron chi connectivity index (χ4n) is 4.31. The Morgan fingerprint density at radius 2 is 1.87 bits per heavy atom. The Bertz CT molecular complexity index is 1000. The molecule has 30 heavy (non-hydrogen) atoms. The Kier molecular flexibility index (Phi) is 6.16. The first-order valence-electron chi connectivity index (χ1n) is 10.3. The van der Waals surface area contributed by atoms with Crippen molar-refractivity contribution in [2.24, 2.45) is 0 Å². The Balaban J connectivity index is 1.74. The van der Waals surface area contributed by atoms with E-state index in [1.165, 1.54) is 22.5 Å². The van der Waals surface area contributed by atoms with Crippen LogP contribution >= 0.6 is 12.2 Å². The Labute approximate surface area is 183 Å². The van der Waals surface area contributed by atoms with Crippen LogP contribution in [0.1, 0.15) is 40.3 Å². The molecule has 1 saturated heterocycles. The van der Waals surface area contributed by atoms with Crippen molar-refractivity contribution in [3.05, 3.63) is 89.0 Å². The van der Waals surface area contributed by atoms with Crippen LogP contribution in [0, 0.1) is 13.8 Å². The van der Waals surface area contributed by atoms with E-state index in [2.05, 4.69) is 76.1 Å². The molecule has 156 valence electrons. The normalized spacial score (nSPS) is 18.6. The number of nitrogens with one attached hydrogen (secondary N) is 1. The third-order valence-corrected chi connectivity index (χ3v) is 6.20. The highest BCUT2D eigenvalue weighted by Gasteiger charge is 2.41. The van der Waals surface area contributed by atoms with E-state index in [0.717, 1.165) is 23.9 Å². The molecule has 1 aliphatic heterocycles. The summed E-state index contributed by atoms with van der Waals surface area (Å²) in [6, 6.07) is 19.0. The number of pyridine rings is 1. The number of ether oxygens (including phenoxy) is 1. The van der Waals surface area contributed by atoms with Gasteiger partial charge in [0.1, 0.15) is 0 Å². The average Bonchev–Trinajstić information content (AvgIpc) is 3.24. The van der Waals surface area contributed by atoms with E-state index in [1.54, 1.807) is 7.11 Å². The maximum Gasteiger partial charge on any atom is 0.170 e. The summed E-state index contributed by atoms with van der Waals surface area (Å²) in [6.07, 6.45) is 1.84. The minimum absolute atomic E-state index is 0.00114. The number of hydrogen-bond donors (Lipinski definition) is 1. The second kappa shape index (κ2) is 8.98. The van der Waals surface area contributed by atoms with Gasteiger partial charge in [0.05, 0.1) is 24.4 Å². The van der Waals surface area contributed by atoms with E-state index in [0.29, 0.717) is 6.61 Å². The van der Waals surface area contributed by atoms with Crippen molar-refractivity contribution < 1.29 is 4.74 Å². The zero-order valence-corrected chi connectivity index (χ0v) is 18.5. The SMILES string of the molecule is COCCN1C(=S)N[C@H](c2ccccn2)[C@H]1c1cc(C)n(Cc2ccccc2)c1C. The molecule has 3 heterocycles. The van der Waals surface area contributed by atoms with E-state index in [1.807, 2.05) is 18.3 Å². The van der Waals surface area contributed by atoms with E-state index in [4.69, 9.17) is 17.0 Å². The van der Waals surface area contributed by atoms with Crippen LogP contribution in [-0.4, -0.2) is 39.8 Å². The first-order chi connectivity index (χ1) is 14.6. The second-order valence-corrected chi connectivity index (χ2v) is 8.10. The lowest BCUT2D eigenvalue weighted by molar-refractivity contribution is 0.164. The molecule has 0 spiro atoms. The Hall–Kier alpha value is -2.70. The summed E-state index contributed by atoms with van der Waals surface area (Å²) in [4.78, 5) is 6.87. The van der Waals surface area contributed by atoms with Gasteiger partial charge in [0, 0.05) is 37.8 Å². The fourth-order valence-corrected chi connectivity index (χ4v) is 4.64. The first kappa shape index (κ1) is 20.6. The molecule has 5 nitrogen and oxygen atoms in total. The van der Waals surface area contributed by atoms with Crippen molar-refractivity contribution in [2.75, 3.05) is 20.3 Å². The van der Waals surface area contributed by atoms with Crippen LogP contribution in [0.5, 0.6) is 0 Å². The van der Waals surface area contributed by atoms with Gasteiger partial charge in [0.15, 0.2) is 5.11 Å². The summed E-state index contributed by atoms with van der Waals surface area (Å²) >= 11 is 5.72. The van der Waals surface area contributed by atoms with Crippen molar-refractivity contribution >= 4 is 17.3 Å². The molecular weight excluding hydrogens is 392 g/mol. The Morgan fingerprint density at radius 3 is 2.57 bits per heavy atom. The number of nitrogens with zero attached hydrogens (tertiary/aromatic N) is 3. The van der Waals surface area contributed by atoms with Crippen molar-refractivity contribution in [2.45, 2.75) is 32.5 Å². The predicted molar refractivity (Wildman–Crippen MR) is 123 cm³/mol. The molecule has 6 heteroatoms. The molecule has 2 aromatic heterocycles. The third kappa shape index (κ3) is 3.98. The minimum atomic E-state index is 0.00114. The van der Waals surface area contributed by atoms with Crippen molar-refractivity contribution in [3.63, 3.8) is 0 Å². The minimum Gasteiger partial charge on any atom is -0.383 e. The van der Waals surface area contributed by atoms with Crippen LogP contribution in [0.3, 0.4) is 0 Å². The second-order valence-electron chi connectivity index (χ2n) is 7.71. The van der Waals surface area contributed by atoms with Gasteiger partial charge < -0.3 is 19.5 Å². The standard InChI is InChI=1S/C24H28N4OS/c1-17-15-20(18(2)28(17)16-19-9-5-4-6-10-19)23-22(21-11-7-8-12-25-21)26-24(30)27(23)13-14-29-3/h4-12,15,22-23H,13-14,16H2,1-3H3,(H,26,30)/t22-,23-/m1/s1. The molecule has 0 unspecified atom stereocenters. The monoisotopic (exact) mass is 420 g/mol. The number of rotatable bonds is 7. The van der Waals surface area contributed by atoms with Crippen LogP contribution in [0.25, 0.3) is 0 Å². The molecule has 0 saturated carbocycles. The molecule has 1 fully saturated rings. The summed E-state index contributed by atoms with van der Waals surface area (Å²) < 4.78 is 7.75. The fraction of sp³-hybridized carbons (Fsp3) is 0.333. The van der Waals surface area contributed by atoms with E-state index in [9.17, 15) is 0 Å². The number of aromatic nitrogens is 2. The summed E-state index contributed by atoms with van der Waals surface area (Å²) in [5.74, 6) is 0. The van der Waals surface area contributed by atoms with Gasteiger partial charge >= 0.3 is 0 Å². The number of thiocarbonyl (C=S) groups is 1. The predicted octanol–water partition coefficient (Wildman–Crippen LogP) is 4.17. The number of aryl methyl sites for hydroxylation is 1. The van der Waals surface area contributed by atoms with Gasteiger partial charge in [-0.1, -0.05) is 36.4 Å². The van der Waals surface area contributed by atoms with Gasteiger partial charge in [-0.3, -0.25) is 4.98 Å². The van der Waals surface area contributed by atoms with Gasteiger partial charge in [-0.05, 0) is 55.4 Å². The maximum atomic E-state index is 5.72. The molecule has 0 amide bonds. The van der Waals surface area contributed by atoms with Crippen molar-refractivity contribution in [1.29, 1.82) is 0 Å². The lowest BCUT2D eigenvalue weighted by Gasteiger charge is -2.28. The molecule has 0 radical (unpaired) electrons. The van der Waals surface area contributed by atoms with Gasteiger partial charge in [0.25, 0.3) is 0 Å². The highest BCUT2D eigenvalue weighted by Crippen LogP contribution is 2.40. The van der Waals surface area contributed by atoms with Crippen molar-refractivity contribution in [1.82, 2.24) is 19.8 Å². The maximum absolute atomic E-state index is 5.72. The molecule has 1 aliphatic rings. The van der Waals surface area contributed by atoms with E-state index >= 15 is 0 Å². The molecule has 0 bridgehead atoms. The summed E-state index contributed by atoms with van der Waals surface area (Å²) in [7, 11) is 1.73. The van der Waals surface area contributed by atoms with Crippen LogP contribution in [-0.2, 0) is 11.3 Å². The van der Waals surface area contributed by atoms with Crippen LogP contribution in [0.2, 0.25) is 0 Å². The molecule has 3 aromatic rings. The number of hydrogen-bond acceptors (Lipinski definition) is 3. The number of benzene rings is 1. The summed E-state index contributed by atoms with van der Waals surface area (Å²) in [5, 5.41) is 4.26. The van der Waals surface area contributed by atoms with E-state index in [-0.39, 0.29) is 12.1 Å². The lowest BCUT2D eigenvalue weighted by atomic mass is 9.97. The largest absolute Gasteiger partial charge is 0.383 e. The summed E-state index contributed by atoms with van der Waals surface area (Å²) in [5.41, 5.74) is 6.08. The molecular formula is C24H28N4OS. The zero-order chi connectivity index (χ0) is 21.1. The van der Waals surface area contributed by atoms with Crippen LogP contribution in [0.15, 0.2) is 60.8 Å². The third-order valence-electron chi connectivity index (χ3n) is 5.85. The van der Waals surface area contributed by atoms with Crippen LogP contribution < -0.4 is 5.32 Å². The van der Waals surface area contributed by atoms with Gasteiger partial charge in [-0.15, -0.1) is 0 Å². The zero-order valence-electron chi connectivity index (χ0n) is 17.7. The molecule has 4 rings (SSSR count). The van der Waals surface area contributed by atoms with Gasteiger partial charge in [-0.25, -0.2) is 0 Å². The average molecular weight is 421 g/mol. The highest BCUT2D eigenvalue weighted by atomic mass is 32.1. The van der Waals surface area contributed by atoms with Crippen molar-refractivity contribution in [3.8, 4) is 0 Å². The molecule has 1 aromatic carbocycles. The first-order valence-corrected chi connectivity index (χ1v) is 10.7. The highest BCUT2D eigenvalue weighted by molar-refractivity contribution is 7.80. The van der Waals surface area contributed by atoms with Gasteiger partial charge in [0.2, 0.25) is 0 Å². The van der Waals surface area contributed by atoms with E-state index < -0.39 is 0 Å². The molecule has 2 atom stereocenters. The quantitative estimate of drug-likeness (QED) is 0.581. The Morgan fingerprint density at radius 1 is 1.10 bits per heavy atom. The smallest absolute Gasteiger partial charge is 0.170 e. The number of methoxy groups -OCH3 is 1.